The van der Waals surface area contributed by atoms with Crippen LogP contribution in [0.3, 0.4) is 0 Å². The zero-order valence-electron chi connectivity index (χ0n) is 11.0. The number of benzene rings is 1. The first-order valence-electron chi connectivity index (χ1n) is 6.91. The van der Waals surface area contributed by atoms with Crippen molar-refractivity contribution in [2.24, 2.45) is 10.8 Å². The largest absolute Gasteiger partial charge is 0.316 e. The highest BCUT2D eigenvalue weighted by Gasteiger charge is 2.56. The lowest BCUT2D eigenvalue weighted by atomic mass is 9.61. The van der Waals surface area contributed by atoms with Gasteiger partial charge in [0.15, 0.2) is 0 Å². The molecule has 17 heavy (non-hydrogen) atoms. The van der Waals surface area contributed by atoms with E-state index in [1.165, 1.54) is 31.4 Å². The van der Waals surface area contributed by atoms with Crippen LogP contribution in [0.4, 0.5) is 0 Å². The molecular formula is C16H23N. The zero-order chi connectivity index (χ0) is 11.9. The average molecular weight is 229 g/mol. The van der Waals surface area contributed by atoms with Crippen LogP contribution in [0.15, 0.2) is 30.3 Å². The van der Waals surface area contributed by atoms with Crippen LogP contribution in [0, 0.1) is 10.8 Å². The van der Waals surface area contributed by atoms with Crippen LogP contribution in [0.1, 0.15) is 44.6 Å². The van der Waals surface area contributed by atoms with E-state index in [9.17, 15) is 0 Å². The van der Waals surface area contributed by atoms with Crippen molar-refractivity contribution in [1.82, 2.24) is 5.32 Å². The molecule has 1 aliphatic heterocycles. The molecule has 1 saturated carbocycles. The molecule has 1 heterocycles. The molecule has 0 amide bonds. The van der Waals surface area contributed by atoms with Crippen molar-refractivity contribution >= 4 is 0 Å². The van der Waals surface area contributed by atoms with Gasteiger partial charge in [-0.25, -0.2) is 0 Å². The fourth-order valence-corrected chi connectivity index (χ4v) is 3.65. The minimum atomic E-state index is 0.486. The normalized spacial score (nSPS) is 35.5. The van der Waals surface area contributed by atoms with Crippen LogP contribution >= 0.6 is 0 Å². The van der Waals surface area contributed by atoms with Gasteiger partial charge in [0.05, 0.1) is 0 Å². The van der Waals surface area contributed by atoms with Gasteiger partial charge in [-0.2, -0.15) is 0 Å². The maximum absolute atomic E-state index is 3.59. The molecule has 0 bridgehead atoms. The number of hydrogen-bond donors (Lipinski definition) is 1. The molecule has 2 aliphatic rings. The topological polar surface area (TPSA) is 12.0 Å². The highest BCUT2D eigenvalue weighted by molar-refractivity contribution is 5.26. The average Bonchev–Trinajstić information content (AvgIpc) is 3.11. The first-order chi connectivity index (χ1) is 8.16. The standard InChI is InChI=1S/C16H23N/c1-15(8-9-15)16(2)10-11-17-12-14(16)13-6-4-3-5-7-13/h3-7,14,17H,8-12H2,1-2H3. The van der Waals surface area contributed by atoms with Crippen LogP contribution in [-0.2, 0) is 0 Å². The fourth-order valence-electron chi connectivity index (χ4n) is 3.65. The van der Waals surface area contributed by atoms with Crippen molar-refractivity contribution in [2.45, 2.75) is 39.0 Å². The second-order valence-corrected chi connectivity index (χ2v) is 6.40. The highest BCUT2D eigenvalue weighted by atomic mass is 14.9. The van der Waals surface area contributed by atoms with Crippen molar-refractivity contribution in [3.8, 4) is 0 Å². The highest BCUT2D eigenvalue weighted by Crippen LogP contribution is 2.65. The number of nitrogens with one attached hydrogen (secondary N) is 1. The van der Waals surface area contributed by atoms with Crippen LogP contribution in [0.2, 0.25) is 0 Å². The van der Waals surface area contributed by atoms with Gasteiger partial charge in [-0.15, -0.1) is 0 Å². The maximum Gasteiger partial charge on any atom is 0.00256 e. The lowest BCUT2D eigenvalue weighted by molar-refractivity contribution is 0.0912. The van der Waals surface area contributed by atoms with E-state index in [0.29, 0.717) is 16.7 Å². The third kappa shape index (κ3) is 1.72. The van der Waals surface area contributed by atoms with E-state index in [-0.39, 0.29) is 0 Å². The summed E-state index contributed by atoms with van der Waals surface area (Å²) in [6.45, 7) is 7.36. The van der Waals surface area contributed by atoms with Gasteiger partial charge in [-0.05, 0) is 42.2 Å². The van der Waals surface area contributed by atoms with Crippen LogP contribution in [0.5, 0.6) is 0 Å². The van der Waals surface area contributed by atoms with Crippen LogP contribution in [0.25, 0.3) is 0 Å². The predicted molar refractivity (Wildman–Crippen MR) is 72.1 cm³/mol. The third-order valence-corrected chi connectivity index (χ3v) is 5.52. The van der Waals surface area contributed by atoms with Gasteiger partial charge in [0.2, 0.25) is 0 Å². The van der Waals surface area contributed by atoms with Gasteiger partial charge >= 0.3 is 0 Å². The lowest BCUT2D eigenvalue weighted by Crippen LogP contribution is -2.46. The molecule has 1 aromatic carbocycles. The first kappa shape index (κ1) is 11.3. The summed E-state index contributed by atoms with van der Waals surface area (Å²) in [6, 6.07) is 11.1. The molecule has 3 rings (SSSR count). The van der Waals surface area contributed by atoms with E-state index in [2.05, 4.69) is 49.5 Å². The zero-order valence-corrected chi connectivity index (χ0v) is 11.0. The van der Waals surface area contributed by atoms with E-state index in [4.69, 9.17) is 0 Å². The first-order valence-corrected chi connectivity index (χ1v) is 6.91. The Morgan fingerprint density at radius 2 is 1.76 bits per heavy atom. The predicted octanol–water partition coefficient (Wildman–Crippen LogP) is 3.57. The van der Waals surface area contributed by atoms with E-state index >= 15 is 0 Å². The summed E-state index contributed by atoms with van der Waals surface area (Å²) >= 11 is 0. The Morgan fingerprint density at radius 3 is 2.41 bits per heavy atom. The Morgan fingerprint density at radius 1 is 1.06 bits per heavy atom. The van der Waals surface area contributed by atoms with Crippen molar-refractivity contribution < 1.29 is 0 Å². The molecular weight excluding hydrogens is 206 g/mol. The van der Waals surface area contributed by atoms with Gasteiger partial charge in [0.25, 0.3) is 0 Å². The molecule has 1 aliphatic carbocycles. The molecule has 0 radical (unpaired) electrons. The third-order valence-electron chi connectivity index (χ3n) is 5.52. The van der Waals surface area contributed by atoms with Crippen LogP contribution in [-0.4, -0.2) is 13.1 Å². The molecule has 92 valence electrons. The molecule has 0 aromatic heterocycles. The summed E-state index contributed by atoms with van der Waals surface area (Å²) in [5.41, 5.74) is 2.60. The van der Waals surface area contributed by atoms with Crippen molar-refractivity contribution in [1.29, 1.82) is 0 Å². The fraction of sp³-hybridized carbons (Fsp3) is 0.625. The van der Waals surface area contributed by atoms with Gasteiger partial charge in [0.1, 0.15) is 0 Å². The second-order valence-electron chi connectivity index (χ2n) is 6.40. The summed E-state index contributed by atoms with van der Waals surface area (Å²) in [4.78, 5) is 0. The number of piperidine rings is 1. The molecule has 0 spiro atoms. The van der Waals surface area contributed by atoms with Gasteiger partial charge in [-0.1, -0.05) is 44.2 Å². The Kier molecular flexibility index (Phi) is 2.55. The quantitative estimate of drug-likeness (QED) is 0.817. The Hall–Kier alpha value is -0.820. The molecule has 1 heteroatoms. The van der Waals surface area contributed by atoms with E-state index < -0.39 is 0 Å². The Labute approximate surface area is 105 Å². The van der Waals surface area contributed by atoms with E-state index in [1.807, 2.05) is 0 Å². The summed E-state index contributed by atoms with van der Waals surface area (Å²) in [6.07, 6.45) is 4.17. The molecule has 1 nitrogen and oxygen atoms in total. The smallest absolute Gasteiger partial charge is 0.00256 e. The van der Waals surface area contributed by atoms with Crippen molar-refractivity contribution in [3.63, 3.8) is 0 Å². The van der Waals surface area contributed by atoms with Crippen molar-refractivity contribution in [2.75, 3.05) is 13.1 Å². The van der Waals surface area contributed by atoms with Crippen LogP contribution < -0.4 is 5.32 Å². The lowest BCUT2D eigenvalue weighted by Gasteiger charge is -2.47. The molecule has 1 saturated heterocycles. The SMILES string of the molecule is CC1(C2(C)CCNCC2c2ccccc2)CC1. The van der Waals surface area contributed by atoms with Gasteiger partial charge < -0.3 is 5.32 Å². The molecule has 1 N–H and O–H groups in total. The van der Waals surface area contributed by atoms with Gasteiger partial charge in [-0.3, -0.25) is 0 Å². The molecule has 2 unspecified atom stereocenters. The molecule has 2 atom stereocenters. The van der Waals surface area contributed by atoms with Crippen molar-refractivity contribution in [3.05, 3.63) is 35.9 Å². The maximum atomic E-state index is 3.59. The summed E-state index contributed by atoms with van der Waals surface area (Å²) in [7, 11) is 0. The number of rotatable bonds is 2. The summed E-state index contributed by atoms with van der Waals surface area (Å²) in [5, 5.41) is 3.59. The van der Waals surface area contributed by atoms with E-state index in [1.54, 1.807) is 0 Å². The molecule has 2 fully saturated rings. The molecule has 1 aromatic rings. The Balaban J connectivity index is 1.96. The summed E-state index contributed by atoms with van der Waals surface area (Å²) < 4.78 is 0. The van der Waals surface area contributed by atoms with Gasteiger partial charge in [0, 0.05) is 12.5 Å². The minimum absolute atomic E-state index is 0.486. The van der Waals surface area contributed by atoms with E-state index in [0.717, 1.165) is 6.54 Å². The second kappa shape index (κ2) is 3.84. The minimum Gasteiger partial charge on any atom is -0.316 e. The number of hydrogen-bond acceptors (Lipinski definition) is 1. The monoisotopic (exact) mass is 229 g/mol. The summed E-state index contributed by atoms with van der Waals surface area (Å²) in [5.74, 6) is 0.685. The Bertz CT molecular complexity index is 393.